The molecule has 0 aromatic heterocycles. The first-order chi connectivity index (χ1) is 11.9. The van der Waals surface area contributed by atoms with Gasteiger partial charge < -0.3 is 21.1 Å². The van der Waals surface area contributed by atoms with Crippen LogP contribution in [-0.2, 0) is 19.5 Å². The van der Waals surface area contributed by atoms with E-state index in [-0.39, 0.29) is 19.6 Å². The molecule has 1 heterocycles. The van der Waals surface area contributed by atoms with Gasteiger partial charge in [0, 0.05) is 13.2 Å². The first-order valence-electron chi connectivity index (χ1n) is 8.39. The van der Waals surface area contributed by atoms with Crippen molar-refractivity contribution in [2.75, 3.05) is 46.9 Å². The molecule has 1 rings (SSSR count). The number of piperidine rings is 1. The average molecular weight is 384 g/mol. The van der Waals surface area contributed by atoms with Gasteiger partial charge in [0.2, 0.25) is 6.41 Å². The zero-order valence-electron chi connectivity index (χ0n) is 15.0. The molecule has 1 fully saturated rings. The molecular weight excluding hydrogens is 352 g/mol. The zero-order valence-corrected chi connectivity index (χ0v) is 15.8. The number of carbonyl (C=O) groups is 1. The Bertz CT molecular complexity index is 428. The summed E-state index contributed by atoms with van der Waals surface area (Å²) in [6.45, 7) is 3.81. The normalized spacial score (nSPS) is 16.6. The summed E-state index contributed by atoms with van der Waals surface area (Å²) in [4.78, 5) is 10.6. The topological polar surface area (TPSA) is 140 Å². The third-order valence-corrected chi connectivity index (χ3v) is 4.09. The minimum absolute atomic E-state index is 0.0845. The smallest absolute Gasteiger partial charge is 0.396 e. The van der Waals surface area contributed by atoms with E-state index in [0.29, 0.717) is 17.9 Å². The Kier molecular flexibility index (Phi) is 13.9. The minimum Gasteiger partial charge on any atom is -0.396 e. The molecule has 11 heteroatoms. The maximum absolute atomic E-state index is 10.6. The summed E-state index contributed by atoms with van der Waals surface area (Å²) in [5.74, 6) is 0.927. The van der Waals surface area contributed by atoms with E-state index in [1.807, 2.05) is 7.05 Å². The van der Waals surface area contributed by atoms with Gasteiger partial charge in [-0.3, -0.25) is 9.35 Å². The highest BCUT2D eigenvalue weighted by Gasteiger charge is 2.22. The van der Waals surface area contributed by atoms with E-state index in [1.165, 1.54) is 32.5 Å². The molecule has 0 aromatic carbocycles. The molecule has 0 bridgehead atoms. The molecule has 150 valence electrons. The number of amides is 1. The fourth-order valence-electron chi connectivity index (χ4n) is 2.53. The van der Waals surface area contributed by atoms with E-state index in [1.54, 1.807) is 7.05 Å². The van der Waals surface area contributed by atoms with E-state index in [2.05, 4.69) is 20.2 Å². The van der Waals surface area contributed by atoms with Crippen LogP contribution in [0, 0.1) is 5.92 Å². The lowest BCUT2D eigenvalue weighted by Crippen LogP contribution is -2.42. The fourth-order valence-corrected chi connectivity index (χ4v) is 2.90. The van der Waals surface area contributed by atoms with E-state index >= 15 is 0 Å². The molecule has 1 amide bonds. The number of likely N-dealkylation sites (N-methyl/N-ethyl adjacent to an activating group) is 1. The van der Waals surface area contributed by atoms with Crippen molar-refractivity contribution in [2.45, 2.75) is 31.7 Å². The lowest BCUT2D eigenvalue weighted by atomic mass is 9.98. The van der Waals surface area contributed by atoms with Gasteiger partial charge in [-0.15, -0.1) is 4.28 Å². The number of aliphatic hydroxyl groups is 1. The van der Waals surface area contributed by atoms with Crippen LogP contribution in [0.5, 0.6) is 0 Å². The molecule has 1 unspecified atom stereocenters. The van der Waals surface area contributed by atoms with E-state index in [9.17, 15) is 13.2 Å². The third-order valence-electron chi connectivity index (χ3n) is 3.73. The molecule has 10 nitrogen and oxygen atoms in total. The second-order valence-electron chi connectivity index (χ2n) is 5.80. The number of nitrogens with zero attached hydrogens (tertiary/aromatic N) is 1. The molecule has 0 aromatic rings. The average Bonchev–Trinajstić information content (AvgIpc) is 2.58. The van der Waals surface area contributed by atoms with Crippen molar-refractivity contribution in [2.24, 2.45) is 5.92 Å². The Labute approximate surface area is 150 Å². The van der Waals surface area contributed by atoms with Crippen LogP contribution in [0.2, 0.25) is 0 Å². The van der Waals surface area contributed by atoms with Crippen LogP contribution in [0.3, 0.4) is 0 Å². The summed E-state index contributed by atoms with van der Waals surface area (Å²) in [7, 11) is -1.08. The highest BCUT2D eigenvalue weighted by atomic mass is 32.3. The van der Waals surface area contributed by atoms with Gasteiger partial charge >= 0.3 is 10.4 Å². The number of nitrogens with one attached hydrogen (secondary N) is 3. The quantitative estimate of drug-likeness (QED) is 0.168. The number of rotatable bonds is 11. The molecular formula is C14H32N4O6S. The van der Waals surface area contributed by atoms with Crippen molar-refractivity contribution in [3.63, 3.8) is 0 Å². The van der Waals surface area contributed by atoms with Crippen LogP contribution in [0.15, 0.2) is 0 Å². The van der Waals surface area contributed by atoms with Crippen LogP contribution >= 0.6 is 0 Å². The summed E-state index contributed by atoms with van der Waals surface area (Å²) < 4.78 is 33.4. The number of carbonyl (C=O) groups excluding carboxylic acids is 1. The van der Waals surface area contributed by atoms with Gasteiger partial charge in [-0.1, -0.05) is 0 Å². The van der Waals surface area contributed by atoms with E-state index in [4.69, 9.17) is 9.66 Å². The lowest BCUT2D eigenvalue weighted by Gasteiger charge is -2.24. The largest absolute Gasteiger partial charge is 0.418 e. The van der Waals surface area contributed by atoms with Gasteiger partial charge in [0.05, 0.1) is 6.04 Å². The maximum atomic E-state index is 10.6. The first kappa shape index (κ1) is 24.2. The van der Waals surface area contributed by atoms with Crippen LogP contribution in [0.1, 0.15) is 25.7 Å². The van der Waals surface area contributed by atoms with Crippen molar-refractivity contribution in [3.8, 4) is 0 Å². The standard InChI is InChI=1S/C7H16N2O6S.C7H16N2/c1-8-5-7(3-2-4-10)9(6-11)15-16(12,13)14;1-8-6-7-2-4-9-5-3-7/h6-8,10H,2-5H2,1H3,(H,12,13,14);7-9H,2-6H2,1H3. The van der Waals surface area contributed by atoms with Crippen molar-refractivity contribution in [1.82, 2.24) is 21.0 Å². The summed E-state index contributed by atoms with van der Waals surface area (Å²) >= 11 is 0. The van der Waals surface area contributed by atoms with Gasteiger partial charge in [0.15, 0.2) is 0 Å². The highest BCUT2D eigenvalue weighted by molar-refractivity contribution is 7.80. The number of hydroxylamine groups is 2. The Morgan fingerprint density at radius 2 is 1.96 bits per heavy atom. The van der Waals surface area contributed by atoms with Gasteiger partial charge in [0.25, 0.3) is 0 Å². The van der Waals surface area contributed by atoms with Crippen LogP contribution in [0.25, 0.3) is 0 Å². The lowest BCUT2D eigenvalue weighted by molar-refractivity contribution is -0.151. The minimum atomic E-state index is -4.72. The Hall–Kier alpha value is -0.820. The number of aliphatic hydroxyl groups excluding tert-OH is 1. The molecule has 0 spiro atoms. The summed E-state index contributed by atoms with van der Waals surface area (Å²) in [5.41, 5.74) is 0. The first-order valence-corrected chi connectivity index (χ1v) is 9.75. The Morgan fingerprint density at radius 3 is 2.40 bits per heavy atom. The number of hydrogen-bond acceptors (Lipinski definition) is 8. The van der Waals surface area contributed by atoms with Crippen LogP contribution < -0.4 is 16.0 Å². The molecule has 1 aliphatic rings. The Balaban J connectivity index is 0.000000535. The van der Waals surface area contributed by atoms with E-state index in [0.717, 1.165) is 5.92 Å². The second kappa shape index (κ2) is 14.4. The monoisotopic (exact) mass is 384 g/mol. The molecule has 1 atom stereocenters. The van der Waals surface area contributed by atoms with Crippen molar-refractivity contribution >= 4 is 16.8 Å². The molecule has 0 radical (unpaired) electrons. The molecule has 25 heavy (non-hydrogen) atoms. The maximum Gasteiger partial charge on any atom is 0.418 e. The molecule has 0 saturated carbocycles. The van der Waals surface area contributed by atoms with Crippen molar-refractivity contribution < 1.29 is 27.2 Å². The molecule has 0 aliphatic carbocycles. The van der Waals surface area contributed by atoms with Crippen LogP contribution in [-0.4, -0.2) is 82.5 Å². The summed E-state index contributed by atoms with van der Waals surface area (Å²) in [5, 5.41) is 18.4. The third kappa shape index (κ3) is 13.1. The summed E-state index contributed by atoms with van der Waals surface area (Å²) in [6.07, 6.45) is 3.58. The van der Waals surface area contributed by atoms with E-state index < -0.39 is 16.4 Å². The van der Waals surface area contributed by atoms with Gasteiger partial charge in [-0.2, -0.15) is 8.42 Å². The predicted molar refractivity (Wildman–Crippen MR) is 94.1 cm³/mol. The second-order valence-corrected chi connectivity index (χ2v) is 6.80. The van der Waals surface area contributed by atoms with Crippen molar-refractivity contribution in [1.29, 1.82) is 0 Å². The highest BCUT2D eigenvalue weighted by Crippen LogP contribution is 2.09. The van der Waals surface area contributed by atoms with Gasteiger partial charge in [-0.05, 0) is 65.3 Å². The zero-order chi connectivity index (χ0) is 19.1. The molecule has 5 N–H and O–H groups in total. The molecule has 1 aliphatic heterocycles. The van der Waals surface area contributed by atoms with Crippen LogP contribution in [0.4, 0.5) is 0 Å². The molecule has 1 saturated heterocycles. The van der Waals surface area contributed by atoms with Gasteiger partial charge in [-0.25, -0.2) is 5.06 Å². The summed E-state index contributed by atoms with van der Waals surface area (Å²) in [6, 6.07) is -0.587. The predicted octanol–water partition coefficient (Wildman–Crippen LogP) is -1.25. The Morgan fingerprint density at radius 1 is 1.32 bits per heavy atom. The van der Waals surface area contributed by atoms with Gasteiger partial charge in [0.1, 0.15) is 0 Å². The number of hydrogen-bond donors (Lipinski definition) is 5. The SMILES string of the molecule is CNCC(CCCO)N(C=O)OS(=O)(=O)O.CNCC1CCNCC1. The fraction of sp³-hybridized carbons (Fsp3) is 0.929. The van der Waals surface area contributed by atoms with Crippen molar-refractivity contribution in [3.05, 3.63) is 0 Å².